The zero-order valence-electron chi connectivity index (χ0n) is 11.9. The van der Waals surface area contributed by atoms with Crippen LogP contribution in [0.5, 0.6) is 0 Å². The average Bonchev–Trinajstić information content (AvgIpc) is 2.99. The molecule has 0 aromatic carbocycles. The number of nitrogens with two attached hydrogens (primary N) is 1. The van der Waals surface area contributed by atoms with Crippen LogP contribution in [0.25, 0.3) is 0 Å². The van der Waals surface area contributed by atoms with E-state index in [0.717, 1.165) is 12.3 Å². The van der Waals surface area contributed by atoms with Gasteiger partial charge < -0.3 is 15.5 Å². The van der Waals surface area contributed by atoms with E-state index in [2.05, 4.69) is 23.9 Å². The third kappa shape index (κ3) is 3.95. The van der Waals surface area contributed by atoms with Crippen molar-refractivity contribution in [1.29, 1.82) is 5.41 Å². The van der Waals surface area contributed by atoms with E-state index in [1.807, 2.05) is 0 Å². The number of nitrogens with one attached hydrogen (secondary N) is 1. The Kier molecular flexibility index (Phi) is 4.28. The lowest BCUT2D eigenvalue weighted by atomic mass is 9.94. The molecule has 2 rings (SSSR count). The molecule has 0 bridgehead atoms. The molecule has 0 amide bonds. The number of rotatable bonds is 6. The molecule has 0 atom stereocenters. The van der Waals surface area contributed by atoms with E-state index in [-0.39, 0.29) is 0 Å². The Morgan fingerprint density at radius 1 is 1.33 bits per heavy atom. The molecule has 0 aromatic heterocycles. The predicted molar refractivity (Wildman–Crippen MR) is 75.9 cm³/mol. The van der Waals surface area contributed by atoms with Crippen LogP contribution in [0.2, 0.25) is 0 Å². The van der Waals surface area contributed by atoms with Crippen LogP contribution in [0, 0.1) is 16.7 Å². The fraction of sp³-hybridized carbons (Fsp3) is 0.929. The second-order valence-corrected chi connectivity index (χ2v) is 6.68. The van der Waals surface area contributed by atoms with E-state index in [0.29, 0.717) is 11.3 Å². The molecule has 1 saturated carbocycles. The Balaban J connectivity index is 1.72. The third-order valence-electron chi connectivity index (χ3n) is 4.41. The van der Waals surface area contributed by atoms with Crippen LogP contribution in [0.4, 0.5) is 0 Å². The van der Waals surface area contributed by atoms with Crippen LogP contribution in [-0.2, 0) is 0 Å². The lowest BCUT2D eigenvalue weighted by molar-refractivity contribution is 0.139. The Morgan fingerprint density at radius 3 is 2.39 bits per heavy atom. The maximum absolute atomic E-state index is 7.47. The van der Waals surface area contributed by atoms with Crippen molar-refractivity contribution in [3.63, 3.8) is 0 Å². The number of piperidine rings is 1. The number of hydrogen-bond donors (Lipinski definition) is 2. The van der Waals surface area contributed by atoms with Crippen molar-refractivity contribution >= 4 is 5.84 Å². The molecule has 1 aliphatic heterocycles. The largest absolute Gasteiger partial charge is 0.388 e. The molecule has 2 aliphatic rings. The molecule has 4 heteroatoms. The minimum atomic E-state index is 0.370. The van der Waals surface area contributed by atoms with Crippen LogP contribution in [0.15, 0.2) is 0 Å². The highest BCUT2D eigenvalue weighted by Gasteiger charge is 2.44. The van der Waals surface area contributed by atoms with Gasteiger partial charge in [-0.3, -0.25) is 5.41 Å². The quantitative estimate of drug-likeness (QED) is 0.554. The molecular formula is C14H28N4. The standard InChI is InChI=1S/C14H28N4/c1-17(2)10-12-3-7-18(8-4-12)11-14(5-6-14)9-13(15)16/h12H,3-11H2,1-2H3,(H3,15,16). The summed E-state index contributed by atoms with van der Waals surface area (Å²) in [5, 5.41) is 7.47. The fourth-order valence-electron chi connectivity index (χ4n) is 3.29. The zero-order valence-corrected chi connectivity index (χ0v) is 11.9. The van der Waals surface area contributed by atoms with Gasteiger partial charge in [0.2, 0.25) is 0 Å². The Labute approximate surface area is 111 Å². The highest BCUT2D eigenvalue weighted by molar-refractivity contribution is 5.78. The zero-order chi connectivity index (χ0) is 13.2. The van der Waals surface area contributed by atoms with Gasteiger partial charge in [0.15, 0.2) is 0 Å². The second-order valence-electron chi connectivity index (χ2n) is 6.68. The summed E-state index contributed by atoms with van der Waals surface area (Å²) in [6.07, 6.45) is 6.00. The molecule has 4 nitrogen and oxygen atoms in total. The molecule has 18 heavy (non-hydrogen) atoms. The van der Waals surface area contributed by atoms with Gasteiger partial charge in [-0.25, -0.2) is 0 Å². The van der Waals surface area contributed by atoms with Gasteiger partial charge in [0, 0.05) is 19.5 Å². The second kappa shape index (κ2) is 5.57. The number of nitrogens with zero attached hydrogens (tertiary/aromatic N) is 2. The first-order valence-electron chi connectivity index (χ1n) is 7.19. The molecule has 1 saturated heterocycles. The van der Waals surface area contributed by atoms with Gasteiger partial charge in [0.05, 0.1) is 5.84 Å². The van der Waals surface area contributed by atoms with Crippen LogP contribution >= 0.6 is 0 Å². The first kappa shape index (κ1) is 13.8. The molecule has 0 unspecified atom stereocenters. The maximum atomic E-state index is 7.47. The number of amidine groups is 1. The Morgan fingerprint density at radius 2 is 1.94 bits per heavy atom. The van der Waals surface area contributed by atoms with Crippen molar-refractivity contribution in [2.75, 3.05) is 40.3 Å². The molecule has 0 aromatic rings. The lowest BCUT2D eigenvalue weighted by Crippen LogP contribution is -2.40. The molecule has 1 aliphatic carbocycles. The summed E-state index contributed by atoms with van der Waals surface area (Å²) in [7, 11) is 4.33. The topological polar surface area (TPSA) is 56.4 Å². The summed E-state index contributed by atoms with van der Waals surface area (Å²) < 4.78 is 0. The van der Waals surface area contributed by atoms with Crippen LogP contribution in [0.3, 0.4) is 0 Å². The van der Waals surface area contributed by atoms with Gasteiger partial charge in [-0.1, -0.05) is 0 Å². The molecule has 3 N–H and O–H groups in total. The van der Waals surface area contributed by atoms with Crippen LogP contribution < -0.4 is 5.73 Å². The number of likely N-dealkylation sites (tertiary alicyclic amines) is 1. The fourth-order valence-corrected chi connectivity index (χ4v) is 3.29. The van der Waals surface area contributed by atoms with E-state index in [1.54, 1.807) is 0 Å². The molecule has 0 spiro atoms. The first-order chi connectivity index (χ1) is 8.49. The monoisotopic (exact) mass is 252 g/mol. The van der Waals surface area contributed by atoms with E-state index >= 15 is 0 Å². The average molecular weight is 252 g/mol. The van der Waals surface area contributed by atoms with Crippen molar-refractivity contribution in [2.45, 2.75) is 32.1 Å². The summed E-state index contributed by atoms with van der Waals surface area (Å²) in [4.78, 5) is 4.90. The van der Waals surface area contributed by atoms with Gasteiger partial charge in [-0.05, 0) is 64.2 Å². The lowest BCUT2D eigenvalue weighted by Gasteiger charge is -2.35. The molecule has 0 radical (unpaired) electrons. The van der Waals surface area contributed by atoms with Crippen molar-refractivity contribution in [2.24, 2.45) is 17.1 Å². The minimum absolute atomic E-state index is 0.370. The predicted octanol–water partition coefficient (Wildman–Crippen LogP) is 1.37. The van der Waals surface area contributed by atoms with Gasteiger partial charge >= 0.3 is 0 Å². The Hall–Kier alpha value is -0.610. The van der Waals surface area contributed by atoms with Crippen LogP contribution in [0.1, 0.15) is 32.1 Å². The van der Waals surface area contributed by atoms with Gasteiger partial charge in [-0.15, -0.1) is 0 Å². The third-order valence-corrected chi connectivity index (χ3v) is 4.41. The Bertz CT molecular complexity index is 288. The van der Waals surface area contributed by atoms with E-state index < -0.39 is 0 Å². The summed E-state index contributed by atoms with van der Waals surface area (Å²) in [5.41, 5.74) is 5.94. The first-order valence-corrected chi connectivity index (χ1v) is 7.19. The SMILES string of the molecule is CN(C)CC1CCN(CC2(CC(=N)N)CC2)CC1. The molecular weight excluding hydrogens is 224 g/mol. The summed E-state index contributed by atoms with van der Waals surface area (Å²) in [6, 6.07) is 0. The van der Waals surface area contributed by atoms with E-state index in [9.17, 15) is 0 Å². The highest BCUT2D eigenvalue weighted by Crippen LogP contribution is 2.49. The van der Waals surface area contributed by atoms with Crippen molar-refractivity contribution in [1.82, 2.24) is 9.80 Å². The van der Waals surface area contributed by atoms with Gasteiger partial charge in [-0.2, -0.15) is 0 Å². The summed E-state index contributed by atoms with van der Waals surface area (Å²) in [5.74, 6) is 1.24. The van der Waals surface area contributed by atoms with Crippen molar-refractivity contribution in [3.05, 3.63) is 0 Å². The number of hydrogen-bond acceptors (Lipinski definition) is 3. The van der Waals surface area contributed by atoms with E-state index in [4.69, 9.17) is 11.1 Å². The summed E-state index contributed by atoms with van der Waals surface area (Å²) >= 11 is 0. The van der Waals surface area contributed by atoms with Gasteiger partial charge in [0.1, 0.15) is 0 Å². The van der Waals surface area contributed by atoms with Gasteiger partial charge in [0.25, 0.3) is 0 Å². The smallest absolute Gasteiger partial charge is 0.0911 e. The molecule has 104 valence electrons. The molecule has 2 fully saturated rings. The van der Waals surface area contributed by atoms with Crippen LogP contribution in [-0.4, -0.2) is 55.9 Å². The minimum Gasteiger partial charge on any atom is -0.388 e. The maximum Gasteiger partial charge on any atom is 0.0911 e. The van der Waals surface area contributed by atoms with Crippen molar-refractivity contribution in [3.8, 4) is 0 Å². The van der Waals surface area contributed by atoms with Crippen molar-refractivity contribution < 1.29 is 0 Å². The summed E-state index contributed by atoms with van der Waals surface area (Å²) in [6.45, 7) is 4.87. The van der Waals surface area contributed by atoms with E-state index in [1.165, 1.54) is 51.9 Å². The molecule has 1 heterocycles. The highest BCUT2D eigenvalue weighted by atomic mass is 15.1. The normalized spacial score (nSPS) is 24.4.